The maximum Gasteiger partial charge on any atom is 0.256 e. The lowest BCUT2D eigenvalue weighted by atomic mass is 10.1. The standard InChI is InChI=1S/C22H22N4O/c1-3-25(16-17-9-5-4-6-10-17)22(27)18-15-21(19-12-14-24(2)23-19)26-13-8-7-11-20(18)26/h4-15H,3,16H2,1-2H3. The summed E-state index contributed by atoms with van der Waals surface area (Å²) in [6.07, 6.45) is 3.89. The molecule has 3 heterocycles. The number of carbonyl (C=O) groups is 1. The topological polar surface area (TPSA) is 42.5 Å². The van der Waals surface area contributed by atoms with Crippen LogP contribution in [0.2, 0.25) is 0 Å². The van der Waals surface area contributed by atoms with E-state index in [0.29, 0.717) is 18.7 Å². The molecule has 0 aliphatic rings. The normalized spacial score (nSPS) is 11.0. The second-order valence-corrected chi connectivity index (χ2v) is 6.58. The van der Waals surface area contributed by atoms with E-state index in [9.17, 15) is 4.79 Å². The summed E-state index contributed by atoms with van der Waals surface area (Å²) in [5, 5.41) is 4.51. The number of fused-ring (bicyclic) bond motifs is 1. The molecule has 0 saturated heterocycles. The van der Waals surface area contributed by atoms with Crippen molar-refractivity contribution in [3.8, 4) is 11.4 Å². The molecular formula is C22H22N4O. The average Bonchev–Trinajstić information content (AvgIpc) is 3.30. The predicted molar refractivity (Wildman–Crippen MR) is 106 cm³/mol. The zero-order valence-electron chi connectivity index (χ0n) is 15.5. The van der Waals surface area contributed by atoms with Gasteiger partial charge >= 0.3 is 0 Å². The van der Waals surface area contributed by atoms with Crippen LogP contribution in [0, 0.1) is 0 Å². The van der Waals surface area contributed by atoms with Gasteiger partial charge in [0.05, 0.1) is 16.8 Å². The van der Waals surface area contributed by atoms with Crippen LogP contribution in [0.5, 0.6) is 0 Å². The van der Waals surface area contributed by atoms with E-state index in [1.807, 2.05) is 96.3 Å². The summed E-state index contributed by atoms with van der Waals surface area (Å²) in [5.41, 5.74) is 4.50. The Morgan fingerprint density at radius 2 is 1.81 bits per heavy atom. The molecule has 0 aliphatic carbocycles. The quantitative estimate of drug-likeness (QED) is 0.541. The largest absolute Gasteiger partial charge is 0.335 e. The van der Waals surface area contributed by atoms with E-state index in [-0.39, 0.29) is 5.91 Å². The van der Waals surface area contributed by atoms with E-state index < -0.39 is 0 Å². The molecule has 0 fully saturated rings. The molecule has 0 aliphatic heterocycles. The number of hydrogen-bond donors (Lipinski definition) is 0. The highest BCUT2D eigenvalue weighted by atomic mass is 16.2. The Labute approximate surface area is 158 Å². The summed E-state index contributed by atoms with van der Waals surface area (Å²) in [7, 11) is 1.89. The third-order valence-electron chi connectivity index (χ3n) is 4.77. The van der Waals surface area contributed by atoms with Crippen LogP contribution in [-0.2, 0) is 13.6 Å². The zero-order valence-corrected chi connectivity index (χ0v) is 15.5. The molecule has 0 bridgehead atoms. The molecule has 27 heavy (non-hydrogen) atoms. The Morgan fingerprint density at radius 3 is 2.52 bits per heavy atom. The fraction of sp³-hybridized carbons (Fsp3) is 0.182. The van der Waals surface area contributed by atoms with Gasteiger partial charge in [0.25, 0.3) is 5.91 Å². The molecule has 4 rings (SSSR count). The van der Waals surface area contributed by atoms with E-state index in [1.165, 1.54) is 0 Å². The molecule has 0 unspecified atom stereocenters. The van der Waals surface area contributed by atoms with Crippen molar-refractivity contribution in [1.82, 2.24) is 19.1 Å². The molecule has 0 saturated carbocycles. The number of hydrogen-bond acceptors (Lipinski definition) is 2. The summed E-state index contributed by atoms with van der Waals surface area (Å²) in [6, 6.07) is 19.9. The molecule has 0 radical (unpaired) electrons. The minimum Gasteiger partial charge on any atom is -0.335 e. The molecule has 5 heteroatoms. The Balaban J connectivity index is 1.75. The molecule has 4 aromatic rings. The molecule has 0 atom stereocenters. The van der Waals surface area contributed by atoms with Crippen LogP contribution >= 0.6 is 0 Å². The third kappa shape index (κ3) is 3.24. The minimum absolute atomic E-state index is 0.0345. The number of rotatable bonds is 5. The first kappa shape index (κ1) is 17.1. The van der Waals surface area contributed by atoms with E-state index in [2.05, 4.69) is 5.10 Å². The maximum absolute atomic E-state index is 13.3. The summed E-state index contributed by atoms with van der Waals surface area (Å²) >= 11 is 0. The van der Waals surface area contributed by atoms with Gasteiger partial charge in [-0.15, -0.1) is 0 Å². The number of benzene rings is 1. The number of aryl methyl sites for hydroxylation is 1. The van der Waals surface area contributed by atoms with Crippen LogP contribution in [0.3, 0.4) is 0 Å². The van der Waals surface area contributed by atoms with Crippen LogP contribution < -0.4 is 0 Å². The molecule has 0 N–H and O–H groups in total. The van der Waals surface area contributed by atoms with Crippen molar-refractivity contribution in [3.05, 3.63) is 84.2 Å². The van der Waals surface area contributed by atoms with Crippen molar-refractivity contribution < 1.29 is 4.79 Å². The molecule has 136 valence electrons. The smallest absolute Gasteiger partial charge is 0.256 e. The van der Waals surface area contributed by atoms with E-state index in [0.717, 1.165) is 22.5 Å². The first-order valence-corrected chi connectivity index (χ1v) is 9.10. The van der Waals surface area contributed by atoms with Crippen molar-refractivity contribution in [3.63, 3.8) is 0 Å². The molecule has 5 nitrogen and oxygen atoms in total. The highest BCUT2D eigenvalue weighted by Gasteiger charge is 2.21. The fourth-order valence-corrected chi connectivity index (χ4v) is 3.37. The van der Waals surface area contributed by atoms with Gasteiger partial charge in [0.15, 0.2) is 0 Å². The summed E-state index contributed by atoms with van der Waals surface area (Å²) in [4.78, 5) is 15.2. The lowest BCUT2D eigenvalue weighted by Gasteiger charge is -2.20. The van der Waals surface area contributed by atoms with Crippen molar-refractivity contribution in [1.29, 1.82) is 0 Å². The van der Waals surface area contributed by atoms with Gasteiger partial charge < -0.3 is 9.30 Å². The van der Waals surface area contributed by atoms with Gasteiger partial charge in [-0.05, 0) is 36.8 Å². The number of pyridine rings is 1. The predicted octanol–water partition coefficient (Wildman–Crippen LogP) is 4.00. The first-order chi connectivity index (χ1) is 13.2. The Hall–Kier alpha value is -3.34. The van der Waals surface area contributed by atoms with E-state index in [4.69, 9.17) is 0 Å². The van der Waals surface area contributed by atoms with Gasteiger partial charge in [-0.1, -0.05) is 36.4 Å². The lowest BCUT2D eigenvalue weighted by molar-refractivity contribution is 0.0754. The molecular weight excluding hydrogens is 336 g/mol. The second kappa shape index (κ2) is 7.11. The van der Waals surface area contributed by atoms with Gasteiger partial charge in [-0.25, -0.2) is 0 Å². The number of nitrogens with zero attached hydrogens (tertiary/aromatic N) is 4. The number of aromatic nitrogens is 3. The van der Waals surface area contributed by atoms with Crippen LogP contribution in [0.4, 0.5) is 0 Å². The van der Waals surface area contributed by atoms with Crippen molar-refractivity contribution in [2.75, 3.05) is 6.54 Å². The van der Waals surface area contributed by atoms with Crippen LogP contribution in [0.1, 0.15) is 22.8 Å². The highest BCUT2D eigenvalue weighted by molar-refractivity contribution is 6.02. The van der Waals surface area contributed by atoms with Crippen LogP contribution in [0.25, 0.3) is 16.9 Å². The summed E-state index contributed by atoms with van der Waals surface area (Å²) in [5.74, 6) is 0.0345. The maximum atomic E-state index is 13.3. The third-order valence-corrected chi connectivity index (χ3v) is 4.77. The highest BCUT2D eigenvalue weighted by Crippen LogP contribution is 2.26. The SMILES string of the molecule is CCN(Cc1ccccc1)C(=O)c1cc(-c2ccn(C)n2)n2ccccc12. The van der Waals surface area contributed by atoms with Gasteiger partial charge in [0.1, 0.15) is 5.69 Å². The Bertz CT molecular complexity index is 1080. The average molecular weight is 358 g/mol. The Kier molecular flexibility index (Phi) is 4.50. The molecule has 1 aromatic carbocycles. The van der Waals surface area contributed by atoms with Crippen molar-refractivity contribution >= 4 is 11.4 Å². The second-order valence-electron chi connectivity index (χ2n) is 6.58. The Morgan fingerprint density at radius 1 is 1.04 bits per heavy atom. The van der Waals surface area contributed by atoms with Crippen molar-refractivity contribution in [2.24, 2.45) is 7.05 Å². The lowest BCUT2D eigenvalue weighted by Crippen LogP contribution is -2.30. The monoisotopic (exact) mass is 358 g/mol. The number of carbonyl (C=O) groups excluding carboxylic acids is 1. The van der Waals surface area contributed by atoms with E-state index >= 15 is 0 Å². The van der Waals surface area contributed by atoms with Crippen LogP contribution in [-0.4, -0.2) is 31.5 Å². The minimum atomic E-state index is 0.0345. The summed E-state index contributed by atoms with van der Waals surface area (Å²) < 4.78 is 3.80. The van der Waals surface area contributed by atoms with E-state index in [1.54, 1.807) is 4.68 Å². The zero-order chi connectivity index (χ0) is 18.8. The first-order valence-electron chi connectivity index (χ1n) is 9.10. The molecule has 1 amide bonds. The van der Waals surface area contributed by atoms with Gasteiger partial charge in [-0.3, -0.25) is 9.48 Å². The van der Waals surface area contributed by atoms with Gasteiger partial charge in [0.2, 0.25) is 0 Å². The summed E-state index contributed by atoms with van der Waals surface area (Å²) in [6.45, 7) is 3.26. The van der Waals surface area contributed by atoms with Gasteiger partial charge in [0, 0.05) is 32.5 Å². The molecule has 3 aromatic heterocycles. The molecule has 0 spiro atoms. The number of amides is 1. The fourth-order valence-electron chi connectivity index (χ4n) is 3.37. The van der Waals surface area contributed by atoms with Gasteiger partial charge in [-0.2, -0.15) is 5.10 Å². The van der Waals surface area contributed by atoms with Crippen molar-refractivity contribution in [2.45, 2.75) is 13.5 Å². The van der Waals surface area contributed by atoms with Crippen LogP contribution in [0.15, 0.2) is 73.1 Å².